The number of carbonyl (C=O) groups excluding carboxylic acids is 1. The fourth-order valence-corrected chi connectivity index (χ4v) is 5.93. The van der Waals surface area contributed by atoms with Crippen LogP contribution in [0.15, 0.2) is 16.8 Å². The van der Waals surface area contributed by atoms with E-state index in [4.69, 9.17) is 0 Å². The molecule has 1 heterocycles. The lowest BCUT2D eigenvalue weighted by molar-refractivity contribution is -0.121. The molecule has 4 rings (SSSR count). The summed E-state index contributed by atoms with van der Waals surface area (Å²) in [6.07, 6.45) is 7.14. The first-order chi connectivity index (χ1) is 10.3. The molecule has 0 radical (unpaired) electrons. The van der Waals surface area contributed by atoms with Gasteiger partial charge in [0, 0.05) is 6.42 Å². The van der Waals surface area contributed by atoms with Crippen molar-refractivity contribution in [1.82, 2.24) is 5.43 Å². The van der Waals surface area contributed by atoms with Crippen molar-refractivity contribution in [2.45, 2.75) is 39.5 Å². The number of nitrogens with one attached hydrogen (secondary N) is 1. The van der Waals surface area contributed by atoms with Crippen molar-refractivity contribution < 1.29 is 13.2 Å². The molecule has 22 heavy (non-hydrogen) atoms. The molecule has 1 saturated heterocycles. The van der Waals surface area contributed by atoms with Crippen LogP contribution in [-0.4, -0.2) is 32.0 Å². The molecule has 3 unspecified atom stereocenters. The minimum absolute atomic E-state index is 0.0552. The van der Waals surface area contributed by atoms with Crippen LogP contribution in [0.25, 0.3) is 0 Å². The van der Waals surface area contributed by atoms with E-state index in [1.165, 1.54) is 12.0 Å². The molecule has 1 N–H and O–H groups in total. The van der Waals surface area contributed by atoms with E-state index in [9.17, 15) is 13.2 Å². The number of sulfone groups is 1. The largest absolute Gasteiger partial charge is 0.273 e. The minimum Gasteiger partial charge on any atom is -0.273 e. The normalized spacial score (nSPS) is 35.0. The Morgan fingerprint density at radius 2 is 2.27 bits per heavy atom. The molecule has 2 fully saturated rings. The Labute approximate surface area is 132 Å². The Balaban J connectivity index is 1.48. The number of carbonyl (C=O) groups is 1. The zero-order valence-electron chi connectivity index (χ0n) is 13.2. The zero-order valence-corrected chi connectivity index (χ0v) is 14.0. The first kappa shape index (κ1) is 15.7. The van der Waals surface area contributed by atoms with Crippen LogP contribution in [-0.2, 0) is 14.6 Å². The van der Waals surface area contributed by atoms with Gasteiger partial charge in [0.15, 0.2) is 9.84 Å². The summed E-state index contributed by atoms with van der Waals surface area (Å²) in [6.45, 7) is 4.59. The summed E-state index contributed by atoms with van der Waals surface area (Å²) in [5.74, 6) is 1.42. The van der Waals surface area contributed by atoms with Gasteiger partial charge in [0.2, 0.25) is 5.91 Å². The van der Waals surface area contributed by atoms with Gasteiger partial charge in [0.25, 0.3) is 0 Å². The van der Waals surface area contributed by atoms with Gasteiger partial charge in [0.1, 0.15) is 0 Å². The summed E-state index contributed by atoms with van der Waals surface area (Å²) in [5.41, 5.74) is 4.11. The molecule has 0 aromatic rings. The summed E-state index contributed by atoms with van der Waals surface area (Å²) in [7, 11) is -2.92. The van der Waals surface area contributed by atoms with E-state index >= 15 is 0 Å². The quantitative estimate of drug-likeness (QED) is 0.634. The van der Waals surface area contributed by atoms with E-state index in [-0.39, 0.29) is 29.8 Å². The maximum atomic E-state index is 11.8. The molecule has 0 aromatic heterocycles. The van der Waals surface area contributed by atoms with Gasteiger partial charge in [0.05, 0.1) is 17.7 Å². The van der Waals surface area contributed by atoms with Gasteiger partial charge in [-0.3, -0.25) is 4.79 Å². The average Bonchev–Trinajstić information content (AvgIpc) is 2.77. The highest BCUT2D eigenvalue weighted by molar-refractivity contribution is 7.91. The predicted octanol–water partition coefficient (Wildman–Crippen LogP) is 1.91. The van der Waals surface area contributed by atoms with Crippen molar-refractivity contribution in [2.24, 2.45) is 28.3 Å². The van der Waals surface area contributed by atoms with Gasteiger partial charge in [-0.1, -0.05) is 19.9 Å². The highest BCUT2D eigenvalue weighted by Gasteiger charge is 2.50. The van der Waals surface area contributed by atoms with Crippen LogP contribution >= 0.6 is 0 Å². The van der Waals surface area contributed by atoms with Crippen molar-refractivity contribution in [3.05, 3.63) is 11.6 Å². The van der Waals surface area contributed by atoms with Crippen LogP contribution in [0.4, 0.5) is 0 Å². The van der Waals surface area contributed by atoms with E-state index in [0.29, 0.717) is 17.8 Å². The third kappa shape index (κ3) is 2.98. The lowest BCUT2D eigenvalue weighted by atomic mass is 9.49. The summed E-state index contributed by atoms with van der Waals surface area (Å²) >= 11 is 0. The van der Waals surface area contributed by atoms with Crippen LogP contribution in [0.3, 0.4) is 0 Å². The van der Waals surface area contributed by atoms with E-state index < -0.39 is 9.84 Å². The van der Waals surface area contributed by atoms with E-state index in [2.05, 4.69) is 30.5 Å². The number of hydrogen-bond donors (Lipinski definition) is 1. The third-order valence-electron chi connectivity index (χ3n) is 5.71. The molecule has 0 aromatic carbocycles. The Morgan fingerprint density at radius 1 is 1.50 bits per heavy atom. The molecular formula is C16H24N2O3S. The molecule has 6 heteroatoms. The van der Waals surface area contributed by atoms with Crippen LogP contribution < -0.4 is 5.43 Å². The lowest BCUT2D eigenvalue weighted by Gasteiger charge is -2.55. The van der Waals surface area contributed by atoms with Crippen molar-refractivity contribution in [3.8, 4) is 0 Å². The Bertz CT molecular complexity index is 634. The Hall–Kier alpha value is -1.17. The topological polar surface area (TPSA) is 75.6 Å². The van der Waals surface area contributed by atoms with E-state index in [1.807, 2.05) is 0 Å². The smallest absolute Gasteiger partial charge is 0.240 e. The van der Waals surface area contributed by atoms with Crippen molar-refractivity contribution in [2.75, 3.05) is 11.5 Å². The molecule has 0 spiro atoms. The number of nitrogens with zero attached hydrogens (tertiary/aromatic N) is 1. The van der Waals surface area contributed by atoms with Gasteiger partial charge in [-0.05, 0) is 48.0 Å². The third-order valence-corrected chi connectivity index (χ3v) is 7.55. The lowest BCUT2D eigenvalue weighted by Crippen LogP contribution is -2.48. The molecule has 122 valence electrons. The predicted molar refractivity (Wildman–Crippen MR) is 86.1 cm³/mol. The molecule has 1 saturated carbocycles. The second-order valence-corrected chi connectivity index (χ2v) is 9.74. The second kappa shape index (κ2) is 5.48. The molecular weight excluding hydrogens is 300 g/mol. The van der Waals surface area contributed by atoms with Gasteiger partial charge >= 0.3 is 0 Å². The molecule has 2 bridgehead atoms. The molecule has 1 amide bonds. The molecule has 3 aliphatic carbocycles. The van der Waals surface area contributed by atoms with Crippen LogP contribution in [0.5, 0.6) is 0 Å². The average molecular weight is 324 g/mol. The standard InChI is InChI=1S/C16H24N2O3S/c1-16(2)13-4-3-12(14(16)8-13)9-17-18-15(19)7-11-5-6-22(20,21)10-11/h3,9,11,13-14H,4-8,10H2,1-2H3,(H,18,19). The van der Waals surface area contributed by atoms with Crippen LogP contribution in [0.2, 0.25) is 0 Å². The number of allylic oxidation sites excluding steroid dienone is 2. The fraction of sp³-hybridized carbons (Fsp3) is 0.750. The van der Waals surface area contributed by atoms with Crippen molar-refractivity contribution in [3.63, 3.8) is 0 Å². The van der Waals surface area contributed by atoms with E-state index in [1.54, 1.807) is 6.21 Å². The molecule has 4 aliphatic rings. The summed E-state index contributed by atoms with van der Waals surface area (Å²) in [6, 6.07) is 0. The van der Waals surface area contributed by atoms with Gasteiger partial charge in [-0.15, -0.1) is 0 Å². The number of hydrazone groups is 1. The number of hydrogen-bond acceptors (Lipinski definition) is 4. The maximum absolute atomic E-state index is 11.8. The first-order valence-corrected chi connectivity index (χ1v) is 9.82. The van der Waals surface area contributed by atoms with Crippen LogP contribution in [0, 0.1) is 23.2 Å². The molecule has 3 atom stereocenters. The number of amides is 1. The highest BCUT2D eigenvalue weighted by Crippen LogP contribution is 2.58. The van der Waals surface area contributed by atoms with E-state index in [0.717, 1.165) is 12.3 Å². The Kier molecular flexibility index (Phi) is 3.91. The monoisotopic (exact) mass is 324 g/mol. The second-order valence-electron chi connectivity index (χ2n) is 7.51. The van der Waals surface area contributed by atoms with Gasteiger partial charge in [-0.25, -0.2) is 13.8 Å². The number of rotatable bonds is 4. The molecule has 5 nitrogen and oxygen atoms in total. The minimum atomic E-state index is -2.92. The first-order valence-electron chi connectivity index (χ1n) is 8.00. The fourth-order valence-electron chi connectivity index (χ4n) is 4.06. The highest BCUT2D eigenvalue weighted by atomic mass is 32.2. The molecule has 1 aliphatic heterocycles. The SMILES string of the molecule is CC1(C)C2CC=C(C=NNC(=O)CC3CCS(=O)(=O)C3)C1C2. The number of fused-ring (bicyclic) bond motifs is 1. The van der Waals surface area contributed by atoms with Gasteiger partial charge < -0.3 is 0 Å². The van der Waals surface area contributed by atoms with Crippen LogP contribution in [0.1, 0.15) is 39.5 Å². The van der Waals surface area contributed by atoms with Crippen molar-refractivity contribution >= 4 is 22.0 Å². The van der Waals surface area contributed by atoms with Crippen molar-refractivity contribution in [1.29, 1.82) is 0 Å². The summed E-state index contributed by atoms with van der Waals surface area (Å²) in [4.78, 5) is 11.8. The Morgan fingerprint density at radius 3 is 2.86 bits per heavy atom. The maximum Gasteiger partial charge on any atom is 0.240 e. The summed E-state index contributed by atoms with van der Waals surface area (Å²) < 4.78 is 22.8. The zero-order chi connectivity index (χ0) is 16.0. The summed E-state index contributed by atoms with van der Waals surface area (Å²) in [5, 5.41) is 4.07. The van der Waals surface area contributed by atoms with Gasteiger partial charge in [-0.2, -0.15) is 5.10 Å².